The Morgan fingerprint density at radius 3 is 2.81 bits per heavy atom. The summed E-state index contributed by atoms with van der Waals surface area (Å²) >= 11 is 6.04. The van der Waals surface area contributed by atoms with Crippen LogP contribution in [0.4, 0.5) is 4.39 Å². The van der Waals surface area contributed by atoms with Gasteiger partial charge in [0.05, 0.1) is 0 Å². The Morgan fingerprint density at radius 2 is 2.12 bits per heavy atom. The fourth-order valence-corrected chi connectivity index (χ4v) is 2.63. The topological polar surface area (TPSA) is 12.0 Å². The Kier molecular flexibility index (Phi) is 4.19. The number of halogens is 2. The van der Waals surface area contributed by atoms with Crippen LogP contribution in [0.3, 0.4) is 0 Å². The number of hydrogen-bond acceptors (Lipinski definition) is 1. The molecule has 1 fully saturated rings. The van der Waals surface area contributed by atoms with E-state index in [0.29, 0.717) is 17.8 Å². The minimum Gasteiger partial charge on any atom is -0.312 e. The minimum absolute atomic E-state index is 0.128. The molecule has 1 aromatic carbocycles. The lowest BCUT2D eigenvalue weighted by molar-refractivity contribution is 0.483. The van der Waals surface area contributed by atoms with E-state index in [1.54, 1.807) is 6.07 Å². The SMILES string of the molecule is Fc1ccccc1CNCC1CCC(Cl)C1. The molecule has 0 radical (unpaired) electrons. The lowest BCUT2D eigenvalue weighted by Gasteiger charge is -2.11. The average molecular weight is 242 g/mol. The Balaban J connectivity index is 1.74. The van der Waals surface area contributed by atoms with Crippen molar-refractivity contribution in [2.24, 2.45) is 5.92 Å². The third-order valence-corrected chi connectivity index (χ3v) is 3.58. The van der Waals surface area contributed by atoms with Gasteiger partial charge in [0, 0.05) is 17.5 Å². The van der Waals surface area contributed by atoms with Gasteiger partial charge in [0.1, 0.15) is 5.82 Å². The van der Waals surface area contributed by atoms with Crippen LogP contribution in [0.1, 0.15) is 24.8 Å². The molecule has 0 saturated heterocycles. The van der Waals surface area contributed by atoms with Crippen LogP contribution in [0.2, 0.25) is 0 Å². The predicted molar refractivity (Wildman–Crippen MR) is 65.1 cm³/mol. The minimum atomic E-state index is -0.128. The second kappa shape index (κ2) is 5.65. The van der Waals surface area contributed by atoms with Gasteiger partial charge in [-0.05, 0) is 37.8 Å². The van der Waals surface area contributed by atoms with Gasteiger partial charge in [-0.1, -0.05) is 18.2 Å². The van der Waals surface area contributed by atoms with Crippen LogP contribution < -0.4 is 5.32 Å². The molecule has 1 aromatic rings. The number of hydrogen-bond donors (Lipinski definition) is 1. The molecule has 0 heterocycles. The lowest BCUT2D eigenvalue weighted by atomic mass is 10.1. The van der Waals surface area contributed by atoms with Gasteiger partial charge in [0.15, 0.2) is 0 Å². The van der Waals surface area contributed by atoms with Gasteiger partial charge in [-0.2, -0.15) is 0 Å². The summed E-state index contributed by atoms with van der Waals surface area (Å²) < 4.78 is 13.3. The van der Waals surface area contributed by atoms with Crippen molar-refractivity contribution in [2.45, 2.75) is 31.2 Å². The van der Waals surface area contributed by atoms with Crippen LogP contribution in [0, 0.1) is 11.7 Å². The highest BCUT2D eigenvalue weighted by atomic mass is 35.5. The van der Waals surface area contributed by atoms with Crippen LogP contribution in [-0.4, -0.2) is 11.9 Å². The molecule has 1 aliphatic rings. The third-order valence-electron chi connectivity index (χ3n) is 3.18. The summed E-state index contributed by atoms with van der Waals surface area (Å²) in [5.41, 5.74) is 0.739. The second-order valence-electron chi connectivity index (χ2n) is 4.50. The Hall–Kier alpha value is -0.600. The highest BCUT2D eigenvalue weighted by Gasteiger charge is 2.22. The molecule has 0 aliphatic heterocycles. The first kappa shape index (κ1) is 11.9. The highest BCUT2D eigenvalue weighted by molar-refractivity contribution is 6.20. The van der Waals surface area contributed by atoms with E-state index in [2.05, 4.69) is 5.32 Å². The van der Waals surface area contributed by atoms with E-state index in [9.17, 15) is 4.39 Å². The van der Waals surface area contributed by atoms with Crippen LogP contribution in [0.25, 0.3) is 0 Å². The Morgan fingerprint density at radius 1 is 1.31 bits per heavy atom. The van der Waals surface area contributed by atoms with Crippen molar-refractivity contribution in [3.63, 3.8) is 0 Å². The van der Waals surface area contributed by atoms with Gasteiger partial charge in [-0.15, -0.1) is 11.6 Å². The van der Waals surface area contributed by atoms with Gasteiger partial charge in [0.2, 0.25) is 0 Å². The van der Waals surface area contributed by atoms with Crippen molar-refractivity contribution in [1.29, 1.82) is 0 Å². The Bertz CT molecular complexity index is 342. The zero-order valence-corrected chi connectivity index (χ0v) is 10.0. The summed E-state index contributed by atoms with van der Waals surface area (Å²) in [4.78, 5) is 0. The average Bonchev–Trinajstić information content (AvgIpc) is 2.67. The molecule has 0 spiro atoms. The van der Waals surface area contributed by atoms with Gasteiger partial charge >= 0.3 is 0 Å². The highest BCUT2D eigenvalue weighted by Crippen LogP contribution is 2.28. The van der Waals surface area contributed by atoms with Crippen LogP contribution >= 0.6 is 11.6 Å². The van der Waals surface area contributed by atoms with Crippen LogP contribution in [0.5, 0.6) is 0 Å². The molecular weight excluding hydrogens is 225 g/mol. The third kappa shape index (κ3) is 3.19. The first-order valence-corrected chi connectivity index (χ1v) is 6.27. The fourth-order valence-electron chi connectivity index (χ4n) is 2.25. The molecule has 0 aromatic heterocycles. The van der Waals surface area contributed by atoms with Crippen molar-refractivity contribution in [2.75, 3.05) is 6.54 Å². The van der Waals surface area contributed by atoms with Crippen LogP contribution in [-0.2, 0) is 6.54 Å². The van der Waals surface area contributed by atoms with Crippen molar-refractivity contribution in [3.8, 4) is 0 Å². The largest absolute Gasteiger partial charge is 0.312 e. The zero-order valence-electron chi connectivity index (χ0n) is 9.26. The van der Waals surface area contributed by atoms with E-state index in [1.165, 1.54) is 12.5 Å². The van der Waals surface area contributed by atoms with Crippen molar-refractivity contribution < 1.29 is 4.39 Å². The van der Waals surface area contributed by atoms with E-state index in [4.69, 9.17) is 11.6 Å². The quantitative estimate of drug-likeness (QED) is 0.798. The summed E-state index contributed by atoms with van der Waals surface area (Å²) in [6, 6.07) is 6.90. The van der Waals surface area contributed by atoms with Gasteiger partial charge in [-0.25, -0.2) is 4.39 Å². The van der Waals surface area contributed by atoms with E-state index in [-0.39, 0.29) is 5.82 Å². The van der Waals surface area contributed by atoms with E-state index < -0.39 is 0 Å². The molecule has 1 saturated carbocycles. The number of benzene rings is 1. The molecule has 1 N–H and O–H groups in total. The standard InChI is InChI=1S/C13H17ClFN/c14-12-6-5-10(7-12)8-16-9-11-3-1-2-4-13(11)15/h1-4,10,12,16H,5-9H2. The van der Waals surface area contributed by atoms with Crippen molar-refractivity contribution in [1.82, 2.24) is 5.32 Å². The van der Waals surface area contributed by atoms with Crippen molar-refractivity contribution >= 4 is 11.6 Å². The lowest BCUT2D eigenvalue weighted by Crippen LogP contribution is -2.21. The number of nitrogens with one attached hydrogen (secondary N) is 1. The first-order valence-electron chi connectivity index (χ1n) is 5.84. The fraction of sp³-hybridized carbons (Fsp3) is 0.538. The van der Waals surface area contributed by atoms with Gasteiger partial charge in [-0.3, -0.25) is 0 Å². The van der Waals surface area contributed by atoms with Gasteiger partial charge < -0.3 is 5.32 Å². The molecule has 0 bridgehead atoms. The molecule has 16 heavy (non-hydrogen) atoms. The second-order valence-corrected chi connectivity index (χ2v) is 5.12. The van der Waals surface area contributed by atoms with Gasteiger partial charge in [0.25, 0.3) is 0 Å². The van der Waals surface area contributed by atoms with Crippen molar-refractivity contribution in [3.05, 3.63) is 35.6 Å². The maximum atomic E-state index is 13.3. The zero-order chi connectivity index (χ0) is 11.4. The molecule has 2 atom stereocenters. The molecular formula is C13H17ClFN. The van der Waals surface area contributed by atoms with Crippen LogP contribution in [0.15, 0.2) is 24.3 Å². The monoisotopic (exact) mass is 241 g/mol. The van der Waals surface area contributed by atoms with E-state index >= 15 is 0 Å². The maximum Gasteiger partial charge on any atom is 0.127 e. The molecule has 1 aliphatic carbocycles. The summed E-state index contributed by atoms with van der Waals surface area (Å²) in [7, 11) is 0. The number of alkyl halides is 1. The van der Waals surface area contributed by atoms with E-state index in [1.807, 2.05) is 12.1 Å². The molecule has 1 nitrogen and oxygen atoms in total. The maximum absolute atomic E-state index is 13.3. The molecule has 2 rings (SSSR count). The summed E-state index contributed by atoms with van der Waals surface area (Å²) in [6.07, 6.45) is 3.40. The summed E-state index contributed by atoms with van der Waals surface area (Å²) in [5, 5.41) is 3.65. The molecule has 2 unspecified atom stereocenters. The smallest absolute Gasteiger partial charge is 0.127 e. The Labute approximate surface area is 101 Å². The summed E-state index contributed by atoms with van der Waals surface area (Å²) in [6.45, 7) is 1.55. The summed E-state index contributed by atoms with van der Waals surface area (Å²) in [5.74, 6) is 0.533. The van der Waals surface area contributed by atoms with E-state index in [0.717, 1.165) is 24.9 Å². The normalized spacial score (nSPS) is 24.9. The number of rotatable bonds is 4. The molecule has 0 amide bonds. The molecule has 3 heteroatoms. The first-order chi connectivity index (χ1) is 7.75. The predicted octanol–water partition coefficient (Wildman–Crippen LogP) is 3.32. The molecule has 88 valence electrons.